The normalized spacial score (nSPS) is 11.6. The quantitative estimate of drug-likeness (QED) is 0.227. The van der Waals surface area contributed by atoms with E-state index in [0.29, 0.717) is 27.3 Å². The van der Waals surface area contributed by atoms with Crippen molar-refractivity contribution in [1.29, 1.82) is 0 Å². The van der Waals surface area contributed by atoms with Crippen molar-refractivity contribution in [2.24, 2.45) is 0 Å². The molecule has 0 unspecified atom stereocenters. The lowest BCUT2D eigenvalue weighted by atomic mass is 10.1. The highest BCUT2D eigenvalue weighted by atomic mass is 19.4. The van der Waals surface area contributed by atoms with E-state index in [1.54, 1.807) is 30.3 Å². The van der Waals surface area contributed by atoms with Gasteiger partial charge in [-0.1, -0.05) is 54.6 Å². The number of hydrogen-bond donors (Lipinski definition) is 1. The number of alkyl halides is 3. The Morgan fingerprint density at radius 3 is 2.33 bits per heavy atom. The fourth-order valence-electron chi connectivity index (χ4n) is 4.14. The summed E-state index contributed by atoms with van der Waals surface area (Å²) in [5.74, 6) is 0.0841. The second-order valence-corrected chi connectivity index (χ2v) is 8.71. The molecule has 0 aliphatic heterocycles. The molecule has 2 heterocycles. The van der Waals surface area contributed by atoms with E-state index in [1.807, 2.05) is 48.6 Å². The number of methoxy groups -OCH3 is 2. The van der Waals surface area contributed by atoms with Crippen LogP contribution in [0.5, 0.6) is 11.5 Å². The number of hydrogen-bond acceptors (Lipinski definition) is 5. The number of amides is 1. The molecule has 3 aromatic carbocycles. The van der Waals surface area contributed by atoms with Gasteiger partial charge in [0.05, 0.1) is 26.1 Å². The minimum atomic E-state index is -4.76. The van der Waals surface area contributed by atoms with Gasteiger partial charge >= 0.3 is 6.18 Å². The summed E-state index contributed by atoms with van der Waals surface area (Å²) in [7, 11) is 2.88. The van der Waals surface area contributed by atoms with Crippen molar-refractivity contribution < 1.29 is 27.4 Å². The average molecular weight is 545 g/mol. The first kappa shape index (κ1) is 26.5. The van der Waals surface area contributed by atoms with Crippen molar-refractivity contribution >= 4 is 29.4 Å². The number of fused-ring (bicyclic) bond motifs is 1. The Balaban J connectivity index is 1.50. The molecule has 0 atom stereocenters. The van der Waals surface area contributed by atoms with E-state index in [1.165, 1.54) is 20.3 Å². The molecule has 1 N–H and O–H groups in total. The summed E-state index contributed by atoms with van der Waals surface area (Å²) in [6.45, 7) is 0. The van der Waals surface area contributed by atoms with Crippen molar-refractivity contribution in [3.05, 3.63) is 107 Å². The number of nitrogens with zero attached hydrogens (tertiary/aromatic N) is 3. The van der Waals surface area contributed by atoms with Crippen molar-refractivity contribution in [1.82, 2.24) is 14.6 Å². The Hall–Kier alpha value is -5.12. The third-order valence-electron chi connectivity index (χ3n) is 6.10. The molecule has 0 bridgehead atoms. The number of halogens is 3. The molecule has 5 aromatic rings. The minimum absolute atomic E-state index is 0.0108. The average Bonchev–Trinajstić information content (AvgIpc) is 3.39. The molecule has 0 fully saturated rings. The van der Waals surface area contributed by atoms with Crippen LogP contribution in [-0.4, -0.2) is 34.7 Å². The lowest BCUT2D eigenvalue weighted by Gasteiger charge is -2.13. The third kappa shape index (κ3) is 5.51. The zero-order valence-electron chi connectivity index (χ0n) is 21.4. The standard InChI is InChI=1S/C30H23F3N4O3/c1-39-25-14-13-21(16-26(25)40-2)24-17-27(30(31,32)33)37-28(36-24)23(18-34-37)29(38)35-22-10-6-9-20(15-22)12-11-19-7-4-3-5-8-19/h3-18H,1-2H3,(H,35,38). The van der Waals surface area contributed by atoms with E-state index in [0.717, 1.165) is 23.4 Å². The Kier molecular flexibility index (Phi) is 7.24. The zero-order valence-corrected chi connectivity index (χ0v) is 21.4. The van der Waals surface area contributed by atoms with Crippen molar-refractivity contribution in [2.45, 2.75) is 6.18 Å². The van der Waals surface area contributed by atoms with Crippen LogP contribution in [0.25, 0.3) is 29.1 Å². The van der Waals surface area contributed by atoms with Crippen LogP contribution in [-0.2, 0) is 6.18 Å². The largest absolute Gasteiger partial charge is 0.493 e. The summed E-state index contributed by atoms with van der Waals surface area (Å²) in [5.41, 5.74) is 1.21. The van der Waals surface area contributed by atoms with Gasteiger partial charge in [0.25, 0.3) is 5.91 Å². The van der Waals surface area contributed by atoms with Gasteiger partial charge in [-0.15, -0.1) is 0 Å². The summed E-state index contributed by atoms with van der Waals surface area (Å²) in [6.07, 6.45) is 0.146. The maximum Gasteiger partial charge on any atom is 0.433 e. The number of carbonyl (C=O) groups is 1. The van der Waals surface area contributed by atoms with Crippen molar-refractivity contribution in [3.8, 4) is 22.8 Å². The number of benzene rings is 3. The highest BCUT2D eigenvalue weighted by Gasteiger charge is 2.36. The van der Waals surface area contributed by atoms with Crippen LogP contribution < -0.4 is 14.8 Å². The third-order valence-corrected chi connectivity index (χ3v) is 6.10. The predicted molar refractivity (Wildman–Crippen MR) is 146 cm³/mol. The molecule has 0 saturated carbocycles. The van der Waals surface area contributed by atoms with Crippen molar-refractivity contribution in [3.63, 3.8) is 0 Å². The van der Waals surface area contributed by atoms with Gasteiger partial charge in [0.2, 0.25) is 0 Å². The fourth-order valence-corrected chi connectivity index (χ4v) is 4.14. The Labute approximate surface area is 227 Å². The number of aromatic nitrogens is 3. The Bertz CT molecular complexity index is 1710. The van der Waals surface area contributed by atoms with Gasteiger partial charge in [-0.25, -0.2) is 9.50 Å². The van der Waals surface area contributed by atoms with Crippen LogP contribution in [0.1, 0.15) is 27.2 Å². The summed E-state index contributed by atoms with van der Waals surface area (Å²) in [6, 6.07) is 22.3. The summed E-state index contributed by atoms with van der Waals surface area (Å²) < 4.78 is 53.2. The molecule has 0 aliphatic carbocycles. The number of ether oxygens (including phenoxy) is 2. The SMILES string of the molecule is COc1ccc(-c2cc(C(F)(F)F)n3ncc(C(=O)Nc4cccc(C=Cc5ccccc5)c4)c3n2)cc1OC. The smallest absolute Gasteiger partial charge is 0.433 e. The lowest BCUT2D eigenvalue weighted by molar-refractivity contribution is -0.142. The topological polar surface area (TPSA) is 77.8 Å². The second-order valence-electron chi connectivity index (χ2n) is 8.71. The van der Waals surface area contributed by atoms with Gasteiger partial charge in [-0.3, -0.25) is 4.79 Å². The number of anilines is 1. The fraction of sp³-hybridized carbons (Fsp3) is 0.100. The molecule has 40 heavy (non-hydrogen) atoms. The molecule has 2 aromatic heterocycles. The van der Waals surface area contributed by atoms with Crippen LogP contribution in [0.3, 0.4) is 0 Å². The first-order valence-electron chi connectivity index (χ1n) is 12.1. The number of carbonyl (C=O) groups excluding carboxylic acids is 1. The summed E-state index contributed by atoms with van der Waals surface area (Å²) in [4.78, 5) is 17.6. The van der Waals surface area contributed by atoms with Crippen LogP contribution in [0.4, 0.5) is 18.9 Å². The monoisotopic (exact) mass is 544 g/mol. The highest BCUT2D eigenvalue weighted by molar-refractivity contribution is 6.08. The molecular weight excluding hydrogens is 521 g/mol. The van der Waals surface area contributed by atoms with Crippen LogP contribution in [0.15, 0.2) is 85.1 Å². The minimum Gasteiger partial charge on any atom is -0.493 e. The molecular formula is C30H23F3N4O3. The predicted octanol–water partition coefficient (Wildman–Crippen LogP) is 6.86. The van der Waals surface area contributed by atoms with Gasteiger partial charge in [-0.05, 0) is 47.5 Å². The van der Waals surface area contributed by atoms with Gasteiger partial charge < -0.3 is 14.8 Å². The first-order valence-corrected chi connectivity index (χ1v) is 12.1. The second kappa shape index (κ2) is 10.9. The molecule has 0 radical (unpaired) electrons. The summed E-state index contributed by atoms with van der Waals surface area (Å²) >= 11 is 0. The maximum atomic E-state index is 14.0. The maximum absolute atomic E-state index is 14.0. The molecule has 0 saturated heterocycles. The molecule has 202 valence electrons. The Morgan fingerprint density at radius 1 is 0.875 bits per heavy atom. The lowest BCUT2D eigenvalue weighted by Crippen LogP contribution is -2.16. The van der Waals surface area contributed by atoms with Gasteiger partial charge in [0.1, 0.15) is 5.56 Å². The van der Waals surface area contributed by atoms with Crippen LogP contribution >= 0.6 is 0 Å². The molecule has 10 heteroatoms. The number of nitrogens with one attached hydrogen (secondary N) is 1. The van der Waals surface area contributed by atoms with Gasteiger partial charge in [0.15, 0.2) is 22.8 Å². The van der Waals surface area contributed by atoms with Gasteiger partial charge in [-0.2, -0.15) is 18.3 Å². The molecule has 5 rings (SSSR count). The van der Waals surface area contributed by atoms with E-state index < -0.39 is 17.8 Å². The summed E-state index contributed by atoms with van der Waals surface area (Å²) in [5, 5.41) is 6.58. The first-order chi connectivity index (χ1) is 19.3. The molecule has 0 spiro atoms. The van der Waals surface area contributed by atoms with E-state index >= 15 is 0 Å². The molecule has 0 aliphatic rings. The van der Waals surface area contributed by atoms with Gasteiger partial charge in [0, 0.05) is 11.3 Å². The molecule has 7 nitrogen and oxygen atoms in total. The highest BCUT2D eigenvalue weighted by Crippen LogP contribution is 2.36. The van der Waals surface area contributed by atoms with Crippen LogP contribution in [0.2, 0.25) is 0 Å². The molecule has 1 amide bonds. The zero-order chi connectivity index (χ0) is 28.3. The van der Waals surface area contributed by atoms with Crippen molar-refractivity contribution in [2.75, 3.05) is 19.5 Å². The van der Waals surface area contributed by atoms with E-state index in [9.17, 15) is 18.0 Å². The van der Waals surface area contributed by atoms with Crippen LogP contribution in [0, 0.1) is 0 Å². The van der Waals surface area contributed by atoms with E-state index in [4.69, 9.17) is 9.47 Å². The Morgan fingerprint density at radius 2 is 1.60 bits per heavy atom. The van der Waals surface area contributed by atoms with E-state index in [2.05, 4.69) is 15.4 Å². The van der Waals surface area contributed by atoms with E-state index in [-0.39, 0.29) is 16.9 Å². The number of rotatable bonds is 7.